The molecule has 1 aromatic carbocycles. The van der Waals surface area contributed by atoms with Crippen LogP contribution in [0, 0.1) is 18.3 Å². The van der Waals surface area contributed by atoms with Crippen molar-refractivity contribution in [3.8, 4) is 6.07 Å². The summed E-state index contributed by atoms with van der Waals surface area (Å²) in [5.41, 5.74) is 1.90. The molecule has 1 aromatic rings. The zero-order valence-corrected chi connectivity index (χ0v) is 10.9. The summed E-state index contributed by atoms with van der Waals surface area (Å²) in [5.74, 6) is 0. The van der Waals surface area contributed by atoms with E-state index < -0.39 is 0 Å². The monoisotopic (exact) mass is 245 g/mol. The number of carbonyl (C=O) groups is 1. The van der Waals surface area contributed by atoms with Crippen LogP contribution in [0.2, 0.25) is 0 Å². The average molecular weight is 245 g/mol. The van der Waals surface area contributed by atoms with Gasteiger partial charge in [0.25, 0.3) is 0 Å². The van der Waals surface area contributed by atoms with Gasteiger partial charge in [-0.15, -0.1) is 0 Å². The quantitative estimate of drug-likeness (QED) is 0.810. The molecule has 4 heteroatoms. The molecule has 0 aromatic heterocycles. The number of hydrogen-bond donors (Lipinski definition) is 1. The Labute approximate surface area is 108 Å². The van der Waals surface area contributed by atoms with Crippen molar-refractivity contribution in [3.63, 3.8) is 0 Å². The number of nitriles is 1. The van der Waals surface area contributed by atoms with E-state index in [0.717, 1.165) is 24.1 Å². The van der Waals surface area contributed by atoms with Gasteiger partial charge >= 0.3 is 6.03 Å². The summed E-state index contributed by atoms with van der Waals surface area (Å²) in [7, 11) is 0. The lowest BCUT2D eigenvalue weighted by Crippen LogP contribution is -2.36. The van der Waals surface area contributed by atoms with Crippen LogP contribution in [0.15, 0.2) is 24.3 Å². The summed E-state index contributed by atoms with van der Waals surface area (Å²) in [6, 6.07) is 9.40. The number of carbonyl (C=O) groups excluding carboxylic acids is 1. The van der Waals surface area contributed by atoms with Gasteiger partial charge in [0, 0.05) is 12.2 Å². The van der Waals surface area contributed by atoms with Gasteiger partial charge in [-0.25, -0.2) is 4.79 Å². The second-order valence-electron chi connectivity index (χ2n) is 4.23. The molecule has 18 heavy (non-hydrogen) atoms. The second-order valence-corrected chi connectivity index (χ2v) is 4.23. The van der Waals surface area contributed by atoms with E-state index in [1.54, 1.807) is 0 Å². The molecule has 0 saturated carbocycles. The molecule has 0 unspecified atom stereocenters. The van der Waals surface area contributed by atoms with Crippen molar-refractivity contribution >= 4 is 11.7 Å². The first-order valence-corrected chi connectivity index (χ1v) is 6.17. The average Bonchev–Trinajstić information content (AvgIpc) is 2.37. The first-order chi connectivity index (χ1) is 8.67. The van der Waals surface area contributed by atoms with E-state index in [-0.39, 0.29) is 12.6 Å². The Hall–Kier alpha value is -2.02. The molecule has 0 bridgehead atoms. The van der Waals surface area contributed by atoms with Crippen molar-refractivity contribution in [1.29, 1.82) is 5.26 Å². The summed E-state index contributed by atoms with van der Waals surface area (Å²) in [4.78, 5) is 13.5. The fourth-order valence-electron chi connectivity index (χ4n) is 1.53. The third-order valence-corrected chi connectivity index (χ3v) is 2.63. The van der Waals surface area contributed by atoms with Crippen LogP contribution in [-0.2, 0) is 0 Å². The Bertz CT molecular complexity index is 420. The second kappa shape index (κ2) is 7.33. The molecule has 0 radical (unpaired) electrons. The number of urea groups is 1. The molecule has 0 aliphatic carbocycles. The normalized spacial score (nSPS) is 9.61. The molecular weight excluding hydrogens is 226 g/mol. The van der Waals surface area contributed by atoms with Crippen molar-refractivity contribution in [3.05, 3.63) is 29.8 Å². The molecule has 96 valence electrons. The van der Waals surface area contributed by atoms with E-state index in [1.807, 2.05) is 37.3 Å². The van der Waals surface area contributed by atoms with Gasteiger partial charge in [0.2, 0.25) is 0 Å². The van der Waals surface area contributed by atoms with Crippen LogP contribution >= 0.6 is 0 Å². The maximum atomic E-state index is 12.0. The van der Waals surface area contributed by atoms with Crippen molar-refractivity contribution < 1.29 is 4.79 Å². The molecule has 0 heterocycles. The number of nitrogens with zero attached hydrogens (tertiary/aromatic N) is 2. The number of rotatable bonds is 5. The number of benzene rings is 1. The van der Waals surface area contributed by atoms with Crippen LogP contribution in [0.3, 0.4) is 0 Å². The van der Waals surface area contributed by atoms with E-state index in [0.29, 0.717) is 6.54 Å². The molecule has 0 aliphatic rings. The Morgan fingerprint density at radius 2 is 2.06 bits per heavy atom. The predicted octanol–water partition coefficient (Wildman–Crippen LogP) is 3.15. The number of hydrogen-bond acceptors (Lipinski definition) is 2. The Balaban J connectivity index is 2.60. The number of amides is 2. The molecule has 2 amide bonds. The van der Waals surface area contributed by atoms with Gasteiger partial charge in [0.1, 0.15) is 6.54 Å². The van der Waals surface area contributed by atoms with Gasteiger partial charge in [0.05, 0.1) is 6.07 Å². The Morgan fingerprint density at radius 3 is 2.61 bits per heavy atom. The first kappa shape index (κ1) is 14.0. The molecule has 0 aliphatic heterocycles. The minimum Gasteiger partial charge on any atom is -0.311 e. The number of aryl methyl sites for hydroxylation is 1. The number of anilines is 1. The third kappa shape index (κ3) is 4.46. The lowest BCUT2D eigenvalue weighted by atomic mass is 10.2. The summed E-state index contributed by atoms with van der Waals surface area (Å²) in [5, 5.41) is 11.5. The molecule has 0 atom stereocenters. The summed E-state index contributed by atoms with van der Waals surface area (Å²) >= 11 is 0. The van der Waals surface area contributed by atoms with Crippen LogP contribution in [0.5, 0.6) is 0 Å². The minimum absolute atomic E-state index is 0.123. The molecule has 0 saturated heterocycles. The first-order valence-electron chi connectivity index (χ1n) is 6.17. The third-order valence-electron chi connectivity index (χ3n) is 2.63. The molecule has 0 fully saturated rings. The van der Waals surface area contributed by atoms with E-state index in [2.05, 4.69) is 12.2 Å². The standard InChI is InChI=1S/C14H19N3O/c1-3-4-10-17(11-9-15)14(18)16-13-7-5-12(2)6-8-13/h5-8H,3-4,10-11H2,1-2H3,(H,16,18). The largest absolute Gasteiger partial charge is 0.322 e. The van der Waals surface area contributed by atoms with E-state index in [1.165, 1.54) is 4.90 Å². The van der Waals surface area contributed by atoms with Crippen molar-refractivity contribution in [1.82, 2.24) is 4.90 Å². The van der Waals surface area contributed by atoms with E-state index in [9.17, 15) is 4.79 Å². The highest BCUT2D eigenvalue weighted by Gasteiger charge is 2.12. The van der Waals surface area contributed by atoms with Crippen LogP contribution in [0.1, 0.15) is 25.3 Å². The Kier molecular flexibility index (Phi) is 5.72. The van der Waals surface area contributed by atoms with Crippen molar-refractivity contribution in [2.24, 2.45) is 0 Å². The highest BCUT2D eigenvalue weighted by Crippen LogP contribution is 2.09. The fraction of sp³-hybridized carbons (Fsp3) is 0.429. The highest BCUT2D eigenvalue weighted by atomic mass is 16.2. The Morgan fingerprint density at radius 1 is 1.39 bits per heavy atom. The predicted molar refractivity (Wildman–Crippen MR) is 72.3 cm³/mol. The van der Waals surface area contributed by atoms with Crippen LogP contribution < -0.4 is 5.32 Å². The summed E-state index contributed by atoms with van der Waals surface area (Å²) in [6.45, 7) is 4.79. The van der Waals surface area contributed by atoms with Crippen LogP contribution in [0.25, 0.3) is 0 Å². The van der Waals surface area contributed by atoms with Crippen LogP contribution in [0.4, 0.5) is 10.5 Å². The van der Waals surface area contributed by atoms with Crippen molar-refractivity contribution in [2.45, 2.75) is 26.7 Å². The summed E-state index contributed by atoms with van der Waals surface area (Å²) in [6.07, 6.45) is 1.91. The molecule has 1 N–H and O–H groups in total. The smallest absolute Gasteiger partial charge is 0.311 e. The zero-order chi connectivity index (χ0) is 13.4. The van der Waals surface area contributed by atoms with Crippen LogP contribution in [-0.4, -0.2) is 24.0 Å². The van der Waals surface area contributed by atoms with Gasteiger partial charge < -0.3 is 10.2 Å². The molecule has 1 rings (SSSR count). The van der Waals surface area contributed by atoms with Gasteiger partial charge in [0.15, 0.2) is 0 Å². The summed E-state index contributed by atoms with van der Waals surface area (Å²) < 4.78 is 0. The maximum absolute atomic E-state index is 12.0. The zero-order valence-electron chi connectivity index (χ0n) is 10.9. The van der Waals surface area contributed by atoms with Gasteiger partial charge in [-0.2, -0.15) is 5.26 Å². The lowest BCUT2D eigenvalue weighted by Gasteiger charge is -2.19. The van der Waals surface area contributed by atoms with Gasteiger partial charge in [-0.3, -0.25) is 0 Å². The van der Waals surface area contributed by atoms with E-state index >= 15 is 0 Å². The molecule has 0 spiro atoms. The highest BCUT2D eigenvalue weighted by molar-refractivity contribution is 5.89. The SMILES string of the molecule is CCCCN(CC#N)C(=O)Nc1ccc(C)cc1. The number of nitrogens with one attached hydrogen (secondary N) is 1. The lowest BCUT2D eigenvalue weighted by molar-refractivity contribution is 0.217. The molecular formula is C14H19N3O. The fourth-order valence-corrected chi connectivity index (χ4v) is 1.53. The maximum Gasteiger partial charge on any atom is 0.322 e. The molecule has 4 nitrogen and oxygen atoms in total. The topological polar surface area (TPSA) is 56.1 Å². The minimum atomic E-state index is -0.214. The number of unbranched alkanes of at least 4 members (excludes halogenated alkanes) is 1. The van der Waals surface area contributed by atoms with E-state index in [4.69, 9.17) is 5.26 Å². The van der Waals surface area contributed by atoms with Gasteiger partial charge in [-0.05, 0) is 25.5 Å². The van der Waals surface area contributed by atoms with Crippen molar-refractivity contribution in [2.75, 3.05) is 18.4 Å². The van der Waals surface area contributed by atoms with Gasteiger partial charge in [-0.1, -0.05) is 31.0 Å².